The molecule has 0 radical (unpaired) electrons. The molecule has 0 fully saturated rings. The molecule has 0 aliphatic heterocycles. The molecule has 0 saturated heterocycles. The first kappa shape index (κ1) is 12.2. The van der Waals surface area contributed by atoms with Gasteiger partial charge in [-0.05, 0) is 24.5 Å². The highest BCUT2D eigenvalue weighted by Gasteiger charge is 2.08. The minimum absolute atomic E-state index is 0.0700. The molecule has 1 atom stereocenters. The van der Waals surface area contributed by atoms with E-state index in [1.807, 2.05) is 17.1 Å². The fraction of sp³-hybridized carbons (Fsp3) is 0.357. The summed E-state index contributed by atoms with van der Waals surface area (Å²) in [5, 5.41) is 4.42. The van der Waals surface area contributed by atoms with E-state index in [1.165, 1.54) is 11.1 Å². The van der Waals surface area contributed by atoms with Crippen molar-refractivity contribution in [1.82, 2.24) is 9.78 Å². The van der Waals surface area contributed by atoms with Gasteiger partial charge in [-0.2, -0.15) is 5.10 Å². The maximum Gasteiger partial charge on any atom is 0.0662 e. The number of aryl methyl sites for hydroxylation is 1. The number of alkyl halides is 1. The Morgan fingerprint density at radius 1 is 1.35 bits per heavy atom. The van der Waals surface area contributed by atoms with Crippen molar-refractivity contribution in [2.75, 3.05) is 0 Å². The smallest absolute Gasteiger partial charge is 0.0662 e. The van der Waals surface area contributed by atoms with Crippen LogP contribution in [0.3, 0.4) is 0 Å². The SMILES string of the molecule is CCC(Cl)c1cnn(Cc2ccccc2C)c1. The molecule has 0 N–H and O–H groups in total. The Morgan fingerprint density at radius 2 is 2.12 bits per heavy atom. The molecule has 0 amide bonds. The Hall–Kier alpha value is -1.28. The third-order valence-electron chi connectivity index (χ3n) is 2.97. The summed E-state index contributed by atoms with van der Waals surface area (Å²) in [6, 6.07) is 8.37. The third kappa shape index (κ3) is 2.89. The van der Waals surface area contributed by atoms with Crippen molar-refractivity contribution in [1.29, 1.82) is 0 Å². The summed E-state index contributed by atoms with van der Waals surface area (Å²) in [5.74, 6) is 0. The Balaban J connectivity index is 2.14. The van der Waals surface area contributed by atoms with E-state index < -0.39 is 0 Å². The number of nitrogens with zero attached hydrogens (tertiary/aromatic N) is 2. The lowest BCUT2D eigenvalue weighted by atomic mass is 10.1. The standard InChI is InChI=1S/C14H17ClN2/c1-3-14(15)13-8-16-17(10-13)9-12-7-5-4-6-11(12)2/h4-8,10,14H,3,9H2,1-2H3. The zero-order valence-electron chi connectivity index (χ0n) is 10.2. The van der Waals surface area contributed by atoms with Crippen molar-refractivity contribution in [2.24, 2.45) is 0 Å². The van der Waals surface area contributed by atoms with Crippen LogP contribution in [0.5, 0.6) is 0 Å². The molecular weight excluding hydrogens is 232 g/mol. The highest BCUT2D eigenvalue weighted by atomic mass is 35.5. The molecule has 17 heavy (non-hydrogen) atoms. The number of rotatable bonds is 4. The molecule has 1 aromatic heterocycles. The van der Waals surface area contributed by atoms with Gasteiger partial charge in [-0.1, -0.05) is 31.2 Å². The van der Waals surface area contributed by atoms with Crippen molar-refractivity contribution >= 4 is 11.6 Å². The molecule has 2 nitrogen and oxygen atoms in total. The zero-order chi connectivity index (χ0) is 12.3. The largest absolute Gasteiger partial charge is 0.268 e. The normalized spacial score (nSPS) is 12.6. The summed E-state index contributed by atoms with van der Waals surface area (Å²) in [4.78, 5) is 0. The van der Waals surface area contributed by atoms with Gasteiger partial charge in [-0.3, -0.25) is 4.68 Å². The van der Waals surface area contributed by atoms with Gasteiger partial charge in [0.2, 0.25) is 0 Å². The molecule has 1 aromatic carbocycles. The average Bonchev–Trinajstić information content (AvgIpc) is 2.80. The maximum atomic E-state index is 6.18. The number of aromatic nitrogens is 2. The molecule has 3 heteroatoms. The van der Waals surface area contributed by atoms with E-state index in [4.69, 9.17) is 11.6 Å². The highest BCUT2D eigenvalue weighted by Crippen LogP contribution is 2.23. The van der Waals surface area contributed by atoms with Crippen LogP contribution in [0, 0.1) is 6.92 Å². The minimum Gasteiger partial charge on any atom is -0.268 e. The van der Waals surface area contributed by atoms with Crippen LogP contribution in [-0.4, -0.2) is 9.78 Å². The van der Waals surface area contributed by atoms with Crippen LogP contribution < -0.4 is 0 Å². The van der Waals surface area contributed by atoms with Crippen LogP contribution in [0.25, 0.3) is 0 Å². The van der Waals surface area contributed by atoms with Gasteiger partial charge in [0.25, 0.3) is 0 Å². The fourth-order valence-corrected chi connectivity index (χ4v) is 1.94. The first-order valence-electron chi connectivity index (χ1n) is 5.91. The molecule has 0 saturated carbocycles. The molecule has 1 heterocycles. The van der Waals surface area contributed by atoms with E-state index in [2.05, 4.69) is 43.2 Å². The van der Waals surface area contributed by atoms with Gasteiger partial charge >= 0.3 is 0 Å². The molecular formula is C14H17ClN2. The van der Waals surface area contributed by atoms with Crippen LogP contribution in [0.15, 0.2) is 36.7 Å². The van der Waals surface area contributed by atoms with Gasteiger partial charge in [-0.25, -0.2) is 0 Å². The minimum atomic E-state index is 0.0700. The average molecular weight is 249 g/mol. The maximum absolute atomic E-state index is 6.18. The first-order valence-corrected chi connectivity index (χ1v) is 6.35. The predicted molar refractivity (Wildman–Crippen MR) is 71.4 cm³/mol. The van der Waals surface area contributed by atoms with Gasteiger partial charge in [0.1, 0.15) is 0 Å². The summed E-state index contributed by atoms with van der Waals surface area (Å²) in [7, 11) is 0. The molecule has 2 aromatic rings. The van der Waals surface area contributed by atoms with Crippen molar-refractivity contribution in [2.45, 2.75) is 32.2 Å². The lowest BCUT2D eigenvalue weighted by Gasteiger charge is -2.05. The molecule has 0 spiro atoms. The monoisotopic (exact) mass is 248 g/mol. The third-order valence-corrected chi connectivity index (χ3v) is 3.53. The summed E-state index contributed by atoms with van der Waals surface area (Å²) < 4.78 is 1.95. The van der Waals surface area contributed by atoms with E-state index in [9.17, 15) is 0 Å². The Morgan fingerprint density at radius 3 is 2.82 bits per heavy atom. The summed E-state index contributed by atoms with van der Waals surface area (Å²) in [6.07, 6.45) is 4.82. The van der Waals surface area contributed by atoms with E-state index in [0.717, 1.165) is 18.5 Å². The van der Waals surface area contributed by atoms with Gasteiger partial charge in [0.05, 0.1) is 18.1 Å². The molecule has 0 aliphatic rings. The molecule has 2 rings (SSSR count). The van der Waals surface area contributed by atoms with Crippen LogP contribution >= 0.6 is 11.6 Å². The summed E-state index contributed by atoms with van der Waals surface area (Å²) in [6.45, 7) is 5.01. The Labute approximate surface area is 107 Å². The van der Waals surface area contributed by atoms with Crippen LogP contribution in [-0.2, 0) is 6.54 Å². The number of hydrogen-bond donors (Lipinski definition) is 0. The lowest BCUT2D eigenvalue weighted by molar-refractivity contribution is 0.683. The number of benzene rings is 1. The topological polar surface area (TPSA) is 17.8 Å². The van der Waals surface area contributed by atoms with Gasteiger partial charge in [0, 0.05) is 11.8 Å². The molecule has 0 bridgehead atoms. The van der Waals surface area contributed by atoms with E-state index >= 15 is 0 Å². The Bertz CT molecular complexity index is 490. The van der Waals surface area contributed by atoms with E-state index in [1.54, 1.807) is 0 Å². The number of hydrogen-bond acceptors (Lipinski definition) is 1. The lowest BCUT2D eigenvalue weighted by Crippen LogP contribution is -2.01. The predicted octanol–water partition coefficient (Wildman–Crippen LogP) is 3.93. The van der Waals surface area contributed by atoms with Crippen molar-refractivity contribution < 1.29 is 0 Å². The van der Waals surface area contributed by atoms with Gasteiger partial charge in [-0.15, -0.1) is 11.6 Å². The second kappa shape index (κ2) is 5.37. The highest BCUT2D eigenvalue weighted by molar-refractivity contribution is 6.20. The Kier molecular flexibility index (Phi) is 3.85. The zero-order valence-corrected chi connectivity index (χ0v) is 11.0. The fourth-order valence-electron chi connectivity index (χ4n) is 1.83. The second-order valence-electron chi connectivity index (χ2n) is 4.27. The molecule has 1 unspecified atom stereocenters. The second-order valence-corrected chi connectivity index (χ2v) is 4.80. The van der Waals surface area contributed by atoms with Gasteiger partial charge in [0.15, 0.2) is 0 Å². The van der Waals surface area contributed by atoms with Crippen LogP contribution in [0.1, 0.15) is 35.4 Å². The number of halogens is 1. The summed E-state index contributed by atoms with van der Waals surface area (Å²) in [5.41, 5.74) is 3.69. The molecule has 90 valence electrons. The summed E-state index contributed by atoms with van der Waals surface area (Å²) >= 11 is 6.18. The van der Waals surface area contributed by atoms with Crippen LogP contribution in [0.2, 0.25) is 0 Å². The van der Waals surface area contributed by atoms with Crippen molar-refractivity contribution in [3.05, 3.63) is 53.3 Å². The van der Waals surface area contributed by atoms with Crippen LogP contribution in [0.4, 0.5) is 0 Å². The van der Waals surface area contributed by atoms with Crippen molar-refractivity contribution in [3.63, 3.8) is 0 Å². The van der Waals surface area contributed by atoms with Crippen molar-refractivity contribution in [3.8, 4) is 0 Å². The molecule has 0 aliphatic carbocycles. The van der Waals surface area contributed by atoms with E-state index in [0.29, 0.717) is 0 Å². The van der Waals surface area contributed by atoms with E-state index in [-0.39, 0.29) is 5.38 Å². The first-order chi connectivity index (χ1) is 8.20. The quantitative estimate of drug-likeness (QED) is 0.750. The van der Waals surface area contributed by atoms with Gasteiger partial charge < -0.3 is 0 Å².